The number of aliphatic hydroxyl groups is 1. The van der Waals surface area contributed by atoms with Gasteiger partial charge in [0.1, 0.15) is 11.6 Å². The van der Waals surface area contributed by atoms with Gasteiger partial charge in [-0.05, 0) is 201 Å². The fraction of sp³-hybridized carbons (Fsp3) is 0.707. The lowest BCUT2D eigenvalue weighted by Crippen LogP contribution is -2.15. The van der Waals surface area contributed by atoms with Gasteiger partial charge < -0.3 is 9.90 Å². The van der Waals surface area contributed by atoms with E-state index in [0.717, 1.165) is 80.8 Å². The second kappa shape index (κ2) is 43.4. The quantitative estimate of drug-likeness (QED) is 0.0733. The number of hydrogen-bond acceptors (Lipinski definition) is 4. The number of Topliss-reactive ketones (excluding diaryl/α,β-unsaturated/α-hetero) is 3. The van der Waals surface area contributed by atoms with E-state index in [1.54, 1.807) is 20.8 Å². The molecule has 4 nitrogen and oxygen atoms in total. The van der Waals surface area contributed by atoms with Gasteiger partial charge in [0, 0.05) is 12.3 Å². The summed E-state index contributed by atoms with van der Waals surface area (Å²) in [6.07, 6.45) is 24.6. The second-order valence-electron chi connectivity index (χ2n) is 19.7. The Morgan fingerprint density at radius 2 is 0.823 bits per heavy atom. The van der Waals surface area contributed by atoms with E-state index in [1.807, 2.05) is 6.92 Å². The van der Waals surface area contributed by atoms with Crippen LogP contribution in [-0.4, -0.2) is 29.1 Å². The Kier molecular flexibility index (Phi) is 47.8. The Hall–Kier alpha value is -2.85. The average Bonchev–Trinajstić information content (AvgIpc) is 3.16. The maximum Gasteiger partial charge on any atom is 0.155 e. The van der Waals surface area contributed by atoms with Crippen LogP contribution in [0.25, 0.3) is 0 Å². The predicted molar refractivity (Wildman–Crippen MR) is 280 cm³/mol. The van der Waals surface area contributed by atoms with Crippen molar-refractivity contribution in [3.63, 3.8) is 0 Å². The van der Waals surface area contributed by atoms with Crippen molar-refractivity contribution in [2.75, 3.05) is 6.61 Å². The Balaban J connectivity index is -0.000000218. The molecule has 0 aliphatic carbocycles. The van der Waals surface area contributed by atoms with E-state index in [4.69, 9.17) is 5.11 Å². The summed E-state index contributed by atoms with van der Waals surface area (Å²) < 4.78 is 0. The van der Waals surface area contributed by atoms with Crippen LogP contribution in [0.1, 0.15) is 222 Å². The number of ketones is 3. The molecule has 0 aromatic heterocycles. The molecule has 0 saturated heterocycles. The maximum absolute atomic E-state index is 11.1. The first kappa shape index (κ1) is 68.2. The lowest BCUT2D eigenvalue weighted by atomic mass is 9.89. The van der Waals surface area contributed by atoms with Crippen molar-refractivity contribution < 1.29 is 19.5 Å². The Morgan fingerprint density at radius 3 is 1.13 bits per heavy atom. The summed E-state index contributed by atoms with van der Waals surface area (Å²) in [6, 6.07) is 0. The van der Waals surface area contributed by atoms with Gasteiger partial charge in [-0.3, -0.25) is 9.59 Å². The van der Waals surface area contributed by atoms with Crippen molar-refractivity contribution in [1.29, 1.82) is 0 Å². The van der Waals surface area contributed by atoms with Crippen molar-refractivity contribution in [3.8, 4) is 0 Å². The van der Waals surface area contributed by atoms with E-state index < -0.39 is 0 Å². The summed E-state index contributed by atoms with van der Waals surface area (Å²) in [5, 5.41) is 8.80. The molecule has 0 heterocycles. The molecule has 0 aromatic carbocycles. The van der Waals surface area contributed by atoms with Crippen molar-refractivity contribution >= 4 is 17.3 Å². The zero-order valence-corrected chi connectivity index (χ0v) is 45.2. The van der Waals surface area contributed by atoms with Gasteiger partial charge in [0.2, 0.25) is 0 Å². The summed E-state index contributed by atoms with van der Waals surface area (Å²) in [6.45, 7) is 51.3. The summed E-state index contributed by atoms with van der Waals surface area (Å²) in [5.74, 6) is 4.51. The minimum atomic E-state index is 0.115. The largest absolute Gasteiger partial charge is 0.392 e. The van der Waals surface area contributed by atoms with Crippen LogP contribution in [0.4, 0.5) is 0 Å². The minimum Gasteiger partial charge on any atom is -0.392 e. The van der Waals surface area contributed by atoms with Crippen LogP contribution >= 0.6 is 0 Å². The molecular formula is C58H106O4. The molecule has 7 atom stereocenters. The molecule has 362 valence electrons. The Morgan fingerprint density at radius 1 is 0.484 bits per heavy atom. The van der Waals surface area contributed by atoms with Crippen LogP contribution < -0.4 is 0 Å². The molecule has 62 heavy (non-hydrogen) atoms. The SMILES string of the molecule is C=C(C(C)=O)C(C)CCC=C(C)C.C=C(CO)C(C)CCC=C(C)C.CC(=O)C(C)C(C)CCC=C(C)C.CC(=O)CC(C)CCC=C(C)C.CCC(C)C(C)CCC=C(C)C. The third-order valence-electron chi connectivity index (χ3n) is 11.6. The molecule has 0 aliphatic rings. The summed E-state index contributed by atoms with van der Waals surface area (Å²) in [5.41, 5.74) is 8.57. The molecule has 7 unspecified atom stereocenters. The summed E-state index contributed by atoms with van der Waals surface area (Å²) in [7, 11) is 0. The lowest BCUT2D eigenvalue weighted by molar-refractivity contribution is -0.121. The molecule has 4 heteroatoms. The fourth-order valence-electron chi connectivity index (χ4n) is 5.98. The van der Waals surface area contributed by atoms with Gasteiger partial charge in [-0.1, -0.05) is 133 Å². The molecule has 0 saturated carbocycles. The van der Waals surface area contributed by atoms with Gasteiger partial charge in [0.05, 0.1) is 6.61 Å². The molecule has 0 amide bonds. The molecular weight excluding hydrogens is 761 g/mol. The minimum absolute atomic E-state index is 0.115. The molecule has 0 radical (unpaired) electrons. The standard InChI is InChI=1S/C12H22O.C12H20O.C12H24.2C11H20O/c2*1-9(2)7-6-8-10(3)11(4)12(5)13;1-6-11(4)12(5)9-7-8-10(2)3;1-9(2)6-5-7-10(3)11(4)8-12;1-9(2)6-5-7-10(3)8-11(4)12/h7,10-11H,6,8H2,1-5H3;7,10H,4,6,8H2,1-3,5H3;8,11-12H,6-7,9H2,1-5H3;6,10,12H,4-5,7-8H2,1-3H3;6,10H,5,7-8H2,1-4H3. The molecule has 0 bridgehead atoms. The molecule has 0 spiro atoms. The van der Waals surface area contributed by atoms with Gasteiger partial charge in [0.15, 0.2) is 5.78 Å². The monoisotopic (exact) mass is 867 g/mol. The number of hydrogen-bond donors (Lipinski definition) is 1. The van der Waals surface area contributed by atoms with E-state index in [9.17, 15) is 14.4 Å². The molecule has 0 fully saturated rings. The Labute approximate surface area is 388 Å². The number of rotatable bonds is 25. The van der Waals surface area contributed by atoms with E-state index in [2.05, 4.69) is 161 Å². The topological polar surface area (TPSA) is 71.4 Å². The first-order chi connectivity index (χ1) is 28.6. The highest BCUT2D eigenvalue weighted by Gasteiger charge is 2.15. The maximum atomic E-state index is 11.1. The molecule has 0 aromatic rings. The average molecular weight is 867 g/mol. The van der Waals surface area contributed by atoms with Gasteiger partial charge in [-0.2, -0.15) is 0 Å². The van der Waals surface area contributed by atoms with Crippen LogP contribution in [0.3, 0.4) is 0 Å². The van der Waals surface area contributed by atoms with E-state index in [0.29, 0.717) is 35.2 Å². The van der Waals surface area contributed by atoms with Gasteiger partial charge in [-0.25, -0.2) is 0 Å². The normalized spacial score (nSPS) is 13.4. The van der Waals surface area contributed by atoms with Crippen molar-refractivity contribution in [3.05, 3.63) is 82.5 Å². The zero-order valence-electron chi connectivity index (χ0n) is 45.2. The third-order valence-corrected chi connectivity index (χ3v) is 11.6. The summed E-state index contributed by atoms with van der Waals surface area (Å²) >= 11 is 0. The highest BCUT2D eigenvalue weighted by atomic mass is 16.3. The van der Waals surface area contributed by atoms with Crippen molar-refractivity contribution in [2.45, 2.75) is 222 Å². The first-order valence-electron chi connectivity index (χ1n) is 24.2. The smallest absolute Gasteiger partial charge is 0.155 e. The predicted octanol–water partition coefficient (Wildman–Crippen LogP) is 17.8. The third kappa shape index (κ3) is 51.5. The molecule has 0 rings (SSSR count). The highest BCUT2D eigenvalue weighted by molar-refractivity contribution is 5.92. The van der Waals surface area contributed by atoms with Gasteiger partial charge in [-0.15, -0.1) is 0 Å². The van der Waals surface area contributed by atoms with Crippen LogP contribution in [0, 0.1) is 41.4 Å². The number of carbonyl (C=O) groups is 3. The molecule has 0 aliphatic heterocycles. The van der Waals surface area contributed by atoms with Gasteiger partial charge >= 0.3 is 0 Å². The van der Waals surface area contributed by atoms with E-state index in [1.165, 1.54) is 47.1 Å². The van der Waals surface area contributed by atoms with Crippen LogP contribution in [0.5, 0.6) is 0 Å². The van der Waals surface area contributed by atoms with E-state index >= 15 is 0 Å². The van der Waals surface area contributed by atoms with Crippen LogP contribution in [-0.2, 0) is 14.4 Å². The lowest BCUT2D eigenvalue weighted by Gasteiger charge is -2.16. The van der Waals surface area contributed by atoms with Crippen LogP contribution in [0.15, 0.2) is 82.5 Å². The first-order valence-corrected chi connectivity index (χ1v) is 24.2. The highest BCUT2D eigenvalue weighted by Crippen LogP contribution is 2.21. The zero-order chi connectivity index (χ0) is 49.5. The number of allylic oxidation sites excluding steroid dienone is 11. The number of aliphatic hydroxyl groups excluding tert-OH is 1. The fourth-order valence-corrected chi connectivity index (χ4v) is 5.98. The van der Waals surface area contributed by atoms with Crippen molar-refractivity contribution in [1.82, 2.24) is 0 Å². The van der Waals surface area contributed by atoms with Crippen molar-refractivity contribution in [2.24, 2.45) is 41.4 Å². The Bertz CT molecular complexity index is 1350. The number of carbonyl (C=O) groups excluding carboxylic acids is 3. The molecule has 1 N–H and O–H groups in total. The summed E-state index contributed by atoms with van der Waals surface area (Å²) in [4.78, 5) is 32.8. The van der Waals surface area contributed by atoms with Crippen LogP contribution in [0.2, 0.25) is 0 Å². The second-order valence-corrected chi connectivity index (χ2v) is 19.7. The van der Waals surface area contributed by atoms with E-state index in [-0.39, 0.29) is 18.3 Å². The van der Waals surface area contributed by atoms with Gasteiger partial charge in [0.25, 0.3) is 0 Å².